The van der Waals surface area contributed by atoms with Crippen molar-refractivity contribution in [3.05, 3.63) is 42.7 Å². The zero-order chi connectivity index (χ0) is 12.8. The first-order valence-corrected chi connectivity index (χ1v) is 5.64. The lowest BCUT2D eigenvalue weighted by Gasteiger charge is -2.08. The monoisotopic (exact) mass is 246 g/mol. The average molecular weight is 246 g/mol. The third-order valence-corrected chi connectivity index (χ3v) is 2.52. The second-order valence-electron chi connectivity index (χ2n) is 3.81. The van der Waals surface area contributed by atoms with Gasteiger partial charge in [-0.3, -0.25) is 4.98 Å². The summed E-state index contributed by atoms with van der Waals surface area (Å²) in [5.41, 5.74) is 0.795. The van der Waals surface area contributed by atoms with E-state index < -0.39 is 5.97 Å². The quantitative estimate of drug-likeness (QED) is 0.754. The summed E-state index contributed by atoms with van der Waals surface area (Å²) in [4.78, 5) is 18.8. The zero-order valence-corrected chi connectivity index (χ0v) is 9.78. The van der Waals surface area contributed by atoms with Crippen molar-refractivity contribution >= 4 is 11.7 Å². The Labute approximate surface area is 104 Å². The van der Waals surface area contributed by atoms with Crippen LogP contribution in [0.4, 0.5) is 5.69 Å². The Morgan fingerprint density at radius 2 is 2.28 bits per heavy atom. The number of anilines is 1. The highest BCUT2D eigenvalue weighted by molar-refractivity contribution is 5.93. The lowest BCUT2D eigenvalue weighted by atomic mass is 10.2. The number of imidazole rings is 1. The molecule has 0 saturated carbocycles. The molecule has 0 radical (unpaired) electrons. The van der Waals surface area contributed by atoms with Gasteiger partial charge in [0.1, 0.15) is 0 Å². The molecule has 0 saturated heterocycles. The van der Waals surface area contributed by atoms with E-state index in [9.17, 15) is 4.79 Å². The van der Waals surface area contributed by atoms with E-state index in [1.54, 1.807) is 12.5 Å². The van der Waals surface area contributed by atoms with Gasteiger partial charge in [0.2, 0.25) is 0 Å². The van der Waals surface area contributed by atoms with Gasteiger partial charge in [0, 0.05) is 31.7 Å². The van der Waals surface area contributed by atoms with Gasteiger partial charge in [-0.1, -0.05) is 0 Å². The number of aromatic nitrogens is 3. The van der Waals surface area contributed by atoms with Gasteiger partial charge in [0.05, 0.1) is 23.8 Å². The summed E-state index contributed by atoms with van der Waals surface area (Å²) >= 11 is 0. The first-order valence-electron chi connectivity index (χ1n) is 5.64. The van der Waals surface area contributed by atoms with Crippen molar-refractivity contribution in [2.75, 3.05) is 11.9 Å². The summed E-state index contributed by atoms with van der Waals surface area (Å²) in [6.07, 6.45) is 9.27. The first kappa shape index (κ1) is 12.1. The predicted octanol–water partition coefficient (Wildman–Crippen LogP) is 1.48. The topological polar surface area (TPSA) is 80.0 Å². The van der Waals surface area contributed by atoms with Crippen LogP contribution in [0.5, 0.6) is 0 Å². The van der Waals surface area contributed by atoms with E-state index in [4.69, 9.17) is 5.11 Å². The fourth-order valence-electron chi connectivity index (χ4n) is 1.63. The molecule has 0 atom stereocenters. The Balaban J connectivity index is 1.85. The SMILES string of the molecule is O=C(O)c1ccncc1NCCCn1ccnc1. The van der Waals surface area contributed by atoms with Crippen molar-refractivity contribution in [2.24, 2.45) is 0 Å². The fraction of sp³-hybridized carbons (Fsp3) is 0.250. The van der Waals surface area contributed by atoms with Crippen molar-refractivity contribution in [2.45, 2.75) is 13.0 Å². The molecule has 2 aromatic heterocycles. The van der Waals surface area contributed by atoms with Crippen molar-refractivity contribution < 1.29 is 9.90 Å². The van der Waals surface area contributed by atoms with E-state index in [2.05, 4.69) is 15.3 Å². The van der Waals surface area contributed by atoms with Crippen LogP contribution in [0.2, 0.25) is 0 Å². The fourth-order valence-corrected chi connectivity index (χ4v) is 1.63. The molecule has 2 heterocycles. The number of hydrogen-bond acceptors (Lipinski definition) is 4. The van der Waals surface area contributed by atoms with E-state index in [0.29, 0.717) is 12.2 Å². The van der Waals surface area contributed by atoms with Crippen LogP contribution in [0, 0.1) is 0 Å². The van der Waals surface area contributed by atoms with Crippen molar-refractivity contribution in [3.63, 3.8) is 0 Å². The number of aryl methyl sites for hydroxylation is 1. The lowest BCUT2D eigenvalue weighted by molar-refractivity contribution is 0.0698. The van der Waals surface area contributed by atoms with Gasteiger partial charge >= 0.3 is 5.97 Å². The summed E-state index contributed by atoms with van der Waals surface area (Å²) in [5.74, 6) is -0.950. The molecule has 0 amide bonds. The molecule has 0 spiro atoms. The van der Waals surface area contributed by atoms with E-state index in [0.717, 1.165) is 13.0 Å². The molecule has 2 aromatic rings. The highest BCUT2D eigenvalue weighted by Crippen LogP contribution is 2.12. The van der Waals surface area contributed by atoms with Crippen LogP contribution in [0.25, 0.3) is 0 Å². The van der Waals surface area contributed by atoms with Gasteiger partial charge in [-0.05, 0) is 12.5 Å². The highest BCUT2D eigenvalue weighted by atomic mass is 16.4. The van der Waals surface area contributed by atoms with Crippen molar-refractivity contribution in [1.29, 1.82) is 0 Å². The molecule has 0 aliphatic heterocycles. The van der Waals surface area contributed by atoms with E-state index in [1.165, 1.54) is 18.5 Å². The Hall–Kier alpha value is -2.37. The first-order chi connectivity index (χ1) is 8.77. The second-order valence-corrected chi connectivity index (χ2v) is 3.81. The van der Waals surface area contributed by atoms with Crippen LogP contribution in [0.3, 0.4) is 0 Å². The van der Waals surface area contributed by atoms with Crippen molar-refractivity contribution in [3.8, 4) is 0 Å². The largest absolute Gasteiger partial charge is 0.478 e. The molecule has 0 aliphatic rings. The predicted molar refractivity (Wildman–Crippen MR) is 66.5 cm³/mol. The Bertz CT molecular complexity index is 511. The van der Waals surface area contributed by atoms with Gasteiger partial charge in [-0.2, -0.15) is 0 Å². The van der Waals surface area contributed by atoms with Gasteiger partial charge < -0.3 is 15.0 Å². The molecule has 18 heavy (non-hydrogen) atoms. The number of nitrogens with one attached hydrogen (secondary N) is 1. The Kier molecular flexibility index (Phi) is 3.90. The maximum atomic E-state index is 11.0. The zero-order valence-electron chi connectivity index (χ0n) is 9.78. The molecular formula is C12H14N4O2. The molecule has 0 bridgehead atoms. The van der Waals surface area contributed by atoms with E-state index in [1.807, 2.05) is 10.8 Å². The van der Waals surface area contributed by atoms with Crippen LogP contribution in [0.15, 0.2) is 37.2 Å². The van der Waals surface area contributed by atoms with Crippen LogP contribution in [-0.4, -0.2) is 32.2 Å². The Morgan fingerprint density at radius 3 is 3.00 bits per heavy atom. The van der Waals surface area contributed by atoms with E-state index >= 15 is 0 Å². The molecular weight excluding hydrogens is 232 g/mol. The van der Waals surface area contributed by atoms with Crippen LogP contribution >= 0.6 is 0 Å². The van der Waals surface area contributed by atoms with Crippen molar-refractivity contribution in [1.82, 2.24) is 14.5 Å². The summed E-state index contributed by atoms with van der Waals surface area (Å²) in [5, 5.41) is 12.1. The number of carbonyl (C=O) groups is 1. The second kappa shape index (κ2) is 5.81. The van der Waals surface area contributed by atoms with Crippen LogP contribution in [0.1, 0.15) is 16.8 Å². The number of aromatic carboxylic acids is 1. The summed E-state index contributed by atoms with van der Waals surface area (Å²) in [7, 11) is 0. The van der Waals surface area contributed by atoms with Gasteiger partial charge in [0.15, 0.2) is 0 Å². The number of hydrogen-bond donors (Lipinski definition) is 2. The Morgan fingerprint density at radius 1 is 1.39 bits per heavy atom. The molecule has 6 nitrogen and oxygen atoms in total. The minimum atomic E-state index is -0.950. The number of nitrogens with zero attached hydrogens (tertiary/aromatic N) is 3. The summed E-state index contributed by atoms with van der Waals surface area (Å²) < 4.78 is 1.98. The number of pyridine rings is 1. The molecule has 6 heteroatoms. The molecule has 0 aliphatic carbocycles. The standard InChI is InChI=1S/C12H14N4O2/c17-12(18)10-2-4-13-8-11(10)15-3-1-6-16-7-5-14-9-16/h2,4-5,7-9,15H,1,3,6H2,(H,17,18). The minimum Gasteiger partial charge on any atom is -0.478 e. The molecule has 2 N–H and O–H groups in total. The lowest BCUT2D eigenvalue weighted by Crippen LogP contribution is -2.09. The van der Waals surface area contributed by atoms with Crippen LogP contribution in [-0.2, 0) is 6.54 Å². The third-order valence-electron chi connectivity index (χ3n) is 2.52. The van der Waals surface area contributed by atoms with Gasteiger partial charge in [-0.25, -0.2) is 9.78 Å². The normalized spacial score (nSPS) is 10.2. The molecule has 0 aromatic carbocycles. The maximum Gasteiger partial charge on any atom is 0.337 e. The van der Waals surface area contributed by atoms with Crippen LogP contribution < -0.4 is 5.32 Å². The summed E-state index contributed by atoms with van der Waals surface area (Å²) in [6, 6.07) is 1.49. The summed E-state index contributed by atoms with van der Waals surface area (Å²) in [6.45, 7) is 1.53. The average Bonchev–Trinajstić information content (AvgIpc) is 2.88. The molecule has 0 unspecified atom stereocenters. The highest BCUT2D eigenvalue weighted by Gasteiger charge is 2.08. The number of rotatable bonds is 6. The van der Waals surface area contributed by atoms with Gasteiger partial charge in [0.25, 0.3) is 0 Å². The van der Waals surface area contributed by atoms with Gasteiger partial charge in [-0.15, -0.1) is 0 Å². The number of carboxylic acid groups (broad SMARTS) is 1. The smallest absolute Gasteiger partial charge is 0.337 e. The molecule has 0 fully saturated rings. The van der Waals surface area contributed by atoms with E-state index in [-0.39, 0.29) is 5.56 Å². The minimum absolute atomic E-state index is 0.243. The third kappa shape index (κ3) is 3.07. The molecule has 2 rings (SSSR count). The maximum absolute atomic E-state index is 11.0. The molecule has 94 valence electrons. The number of carboxylic acids is 1.